The van der Waals surface area contributed by atoms with E-state index in [1.807, 2.05) is 32.0 Å². The lowest BCUT2D eigenvalue weighted by Gasteiger charge is -2.15. The molecule has 1 saturated heterocycles. The van der Waals surface area contributed by atoms with E-state index >= 15 is 0 Å². The first-order chi connectivity index (χ1) is 9.61. The van der Waals surface area contributed by atoms with Gasteiger partial charge in [0, 0.05) is 12.2 Å². The van der Waals surface area contributed by atoms with Crippen LogP contribution >= 0.6 is 0 Å². The highest BCUT2D eigenvalue weighted by atomic mass is 16.5. The molecule has 1 aromatic carbocycles. The quantitative estimate of drug-likeness (QED) is 0.805. The van der Waals surface area contributed by atoms with Crippen LogP contribution in [0.4, 0.5) is 5.69 Å². The molecule has 0 bridgehead atoms. The Hall–Kier alpha value is -1.83. The minimum atomic E-state index is -0.370. The molecule has 20 heavy (non-hydrogen) atoms. The van der Waals surface area contributed by atoms with E-state index in [0.717, 1.165) is 23.2 Å². The van der Waals surface area contributed by atoms with Gasteiger partial charge < -0.3 is 15.8 Å². The maximum Gasteiger partial charge on any atom is 0.253 e. The molecule has 0 aromatic heterocycles. The second kappa shape index (κ2) is 6.56. The van der Waals surface area contributed by atoms with Crippen molar-refractivity contribution in [3.8, 4) is 11.8 Å². The van der Waals surface area contributed by atoms with Crippen LogP contribution in [-0.2, 0) is 9.53 Å². The summed E-state index contributed by atoms with van der Waals surface area (Å²) in [5.41, 5.74) is 7.96. The van der Waals surface area contributed by atoms with Gasteiger partial charge in [0.1, 0.15) is 6.10 Å². The Morgan fingerprint density at radius 1 is 1.55 bits per heavy atom. The standard InChI is InChI=1S/C16H20N2O2/c1-11-5-6-13(4-3-8-17)14(10-11)18-16(19)15-12(2)7-9-20-15/h5-6,10,12,15H,7-9,17H2,1-2H3,(H,18,19). The lowest BCUT2D eigenvalue weighted by Crippen LogP contribution is -2.31. The third kappa shape index (κ3) is 3.38. The monoisotopic (exact) mass is 272 g/mol. The molecule has 0 radical (unpaired) electrons. The van der Waals surface area contributed by atoms with Gasteiger partial charge in [-0.15, -0.1) is 0 Å². The van der Waals surface area contributed by atoms with Crippen LogP contribution in [0.5, 0.6) is 0 Å². The lowest BCUT2D eigenvalue weighted by atomic mass is 10.0. The second-order valence-electron chi connectivity index (χ2n) is 5.10. The Morgan fingerprint density at radius 2 is 2.35 bits per heavy atom. The number of carbonyl (C=O) groups excluding carboxylic acids is 1. The Morgan fingerprint density at radius 3 is 3.00 bits per heavy atom. The molecule has 4 nitrogen and oxygen atoms in total. The van der Waals surface area contributed by atoms with E-state index in [0.29, 0.717) is 13.2 Å². The molecular formula is C16H20N2O2. The normalized spacial score (nSPS) is 21.1. The van der Waals surface area contributed by atoms with E-state index < -0.39 is 0 Å². The van der Waals surface area contributed by atoms with E-state index in [4.69, 9.17) is 10.5 Å². The van der Waals surface area contributed by atoms with Crippen LogP contribution in [0.3, 0.4) is 0 Å². The summed E-state index contributed by atoms with van der Waals surface area (Å²) in [5.74, 6) is 5.94. The number of hydrogen-bond acceptors (Lipinski definition) is 3. The Labute approximate surface area is 119 Å². The number of anilines is 1. The third-order valence-corrected chi connectivity index (χ3v) is 3.40. The second-order valence-corrected chi connectivity index (χ2v) is 5.10. The number of rotatable bonds is 2. The summed E-state index contributed by atoms with van der Waals surface area (Å²) in [6.45, 7) is 4.95. The number of ether oxygens (including phenoxy) is 1. The fourth-order valence-corrected chi connectivity index (χ4v) is 2.25. The molecule has 2 atom stereocenters. The SMILES string of the molecule is Cc1ccc(C#CCN)c(NC(=O)C2OCCC2C)c1. The molecule has 1 aliphatic rings. The zero-order valence-electron chi connectivity index (χ0n) is 11.9. The van der Waals surface area contributed by atoms with Crippen LogP contribution in [0, 0.1) is 24.7 Å². The number of aryl methyl sites for hydroxylation is 1. The Balaban J connectivity index is 2.19. The number of benzene rings is 1. The number of nitrogens with one attached hydrogen (secondary N) is 1. The van der Waals surface area contributed by atoms with Crippen LogP contribution in [-0.4, -0.2) is 25.2 Å². The van der Waals surface area contributed by atoms with Crippen LogP contribution < -0.4 is 11.1 Å². The van der Waals surface area contributed by atoms with Gasteiger partial charge in [-0.25, -0.2) is 0 Å². The third-order valence-electron chi connectivity index (χ3n) is 3.40. The zero-order chi connectivity index (χ0) is 14.5. The molecule has 1 amide bonds. The van der Waals surface area contributed by atoms with Gasteiger partial charge in [-0.05, 0) is 37.0 Å². The van der Waals surface area contributed by atoms with Gasteiger partial charge in [0.25, 0.3) is 5.91 Å². The summed E-state index contributed by atoms with van der Waals surface area (Å²) in [4.78, 5) is 12.3. The zero-order valence-corrected chi connectivity index (χ0v) is 11.9. The van der Waals surface area contributed by atoms with Gasteiger partial charge >= 0.3 is 0 Å². The molecule has 1 fully saturated rings. The van der Waals surface area contributed by atoms with Gasteiger partial charge in [0.05, 0.1) is 12.2 Å². The van der Waals surface area contributed by atoms with Crippen molar-refractivity contribution in [3.05, 3.63) is 29.3 Å². The van der Waals surface area contributed by atoms with Crippen molar-refractivity contribution in [3.63, 3.8) is 0 Å². The van der Waals surface area contributed by atoms with Gasteiger partial charge in [0.15, 0.2) is 0 Å². The fraction of sp³-hybridized carbons (Fsp3) is 0.438. The molecule has 0 saturated carbocycles. The van der Waals surface area contributed by atoms with Gasteiger partial charge in [0.2, 0.25) is 0 Å². The first-order valence-electron chi connectivity index (χ1n) is 6.84. The van der Waals surface area contributed by atoms with E-state index in [2.05, 4.69) is 17.2 Å². The van der Waals surface area contributed by atoms with E-state index in [1.54, 1.807) is 0 Å². The number of carbonyl (C=O) groups is 1. The van der Waals surface area contributed by atoms with E-state index in [-0.39, 0.29) is 17.9 Å². The minimum Gasteiger partial charge on any atom is -0.368 e. The maximum atomic E-state index is 12.3. The summed E-state index contributed by atoms with van der Waals surface area (Å²) in [6, 6.07) is 5.77. The summed E-state index contributed by atoms with van der Waals surface area (Å²) < 4.78 is 5.48. The summed E-state index contributed by atoms with van der Waals surface area (Å²) in [5, 5.41) is 2.93. The van der Waals surface area contributed by atoms with Crippen molar-refractivity contribution >= 4 is 11.6 Å². The van der Waals surface area contributed by atoms with Gasteiger partial charge in [-0.3, -0.25) is 4.79 Å². The average molecular weight is 272 g/mol. The smallest absolute Gasteiger partial charge is 0.253 e. The van der Waals surface area contributed by atoms with Crippen molar-refractivity contribution in [2.24, 2.45) is 11.7 Å². The highest BCUT2D eigenvalue weighted by Crippen LogP contribution is 2.23. The van der Waals surface area contributed by atoms with Gasteiger partial charge in [-0.1, -0.05) is 24.8 Å². The topological polar surface area (TPSA) is 64.3 Å². The lowest BCUT2D eigenvalue weighted by molar-refractivity contribution is -0.126. The van der Waals surface area contributed by atoms with Crippen molar-refractivity contribution in [1.82, 2.24) is 0 Å². The summed E-state index contributed by atoms with van der Waals surface area (Å²) in [7, 11) is 0. The molecule has 4 heteroatoms. The van der Waals surface area contributed by atoms with Crippen molar-refractivity contribution in [2.75, 3.05) is 18.5 Å². The predicted octanol–water partition coefficient (Wildman–Crippen LogP) is 1.67. The molecule has 2 rings (SSSR count). The largest absolute Gasteiger partial charge is 0.368 e. The van der Waals surface area contributed by atoms with E-state index in [9.17, 15) is 4.79 Å². The Kier molecular flexibility index (Phi) is 4.78. The number of amides is 1. The highest BCUT2D eigenvalue weighted by molar-refractivity contribution is 5.95. The van der Waals surface area contributed by atoms with Crippen molar-refractivity contribution in [2.45, 2.75) is 26.4 Å². The van der Waals surface area contributed by atoms with Gasteiger partial charge in [-0.2, -0.15) is 0 Å². The van der Waals surface area contributed by atoms with Crippen LogP contribution in [0.1, 0.15) is 24.5 Å². The minimum absolute atomic E-state index is 0.101. The average Bonchev–Trinajstić information content (AvgIpc) is 2.84. The number of nitrogens with two attached hydrogens (primary N) is 1. The molecule has 2 unspecified atom stereocenters. The molecule has 3 N–H and O–H groups in total. The molecule has 1 aliphatic heterocycles. The first kappa shape index (κ1) is 14.6. The molecular weight excluding hydrogens is 252 g/mol. The first-order valence-corrected chi connectivity index (χ1v) is 6.84. The maximum absolute atomic E-state index is 12.3. The molecule has 0 aliphatic carbocycles. The summed E-state index contributed by atoms with van der Waals surface area (Å²) in [6.07, 6.45) is 0.553. The fourth-order valence-electron chi connectivity index (χ4n) is 2.25. The molecule has 1 heterocycles. The van der Waals surface area contributed by atoms with Crippen LogP contribution in [0.2, 0.25) is 0 Å². The molecule has 1 aromatic rings. The van der Waals surface area contributed by atoms with E-state index in [1.165, 1.54) is 0 Å². The van der Waals surface area contributed by atoms with Crippen molar-refractivity contribution < 1.29 is 9.53 Å². The Bertz CT molecular complexity index is 557. The van der Waals surface area contributed by atoms with Crippen LogP contribution in [0.25, 0.3) is 0 Å². The summed E-state index contributed by atoms with van der Waals surface area (Å²) >= 11 is 0. The van der Waals surface area contributed by atoms with Crippen LogP contribution in [0.15, 0.2) is 18.2 Å². The molecule has 106 valence electrons. The number of hydrogen-bond donors (Lipinski definition) is 2. The van der Waals surface area contributed by atoms with Crippen molar-refractivity contribution in [1.29, 1.82) is 0 Å². The highest BCUT2D eigenvalue weighted by Gasteiger charge is 2.31. The predicted molar refractivity (Wildman–Crippen MR) is 79.3 cm³/mol. The molecule has 0 spiro atoms.